The molecule has 7 nitrogen and oxygen atoms in total. The van der Waals surface area contributed by atoms with Crippen LogP contribution in [0.25, 0.3) is 0 Å². The van der Waals surface area contributed by atoms with Crippen LogP contribution in [0.2, 0.25) is 0 Å². The summed E-state index contributed by atoms with van der Waals surface area (Å²) in [6, 6.07) is 15.7. The Morgan fingerprint density at radius 2 is 1.40 bits per heavy atom. The van der Waals surface area contributed by atoms with Crippen LogP contribution in [0.4, 0.5) is 5.95 Å². The zero-order valence-corrected chi connectivity index (χ0v) is 17.8. The average molecular weight is 425 g/mol. The predicted octanol–water partition coefficient (Wildman–Crippen LogP) is 5.19. The number of nitrogens with zero attached hydrogens (tertiary/aromatic N) is 3. The Bertz CT molecular complexity index is 893. The molecule has 0 radical (unpaired) electrons. The van der Waals surface area contributed by atoms with E-state index in [9.17, 15) is 0 Å². The Balaban J connectivity index is 1.57. The van der Waals surface area contributed by atoms with Crippen LogP contribution in [-0.2, 0) is 0 Å². The van der Waals surface area contributed by atoms with E-state index >= 15 is 0 Å². The van der Waals surface area contributed by atoms with E-state index in [0.717, 1.165) is 29.2 Å². The minimum absolute atomic E-state index is 0.256. The fourth-order valence-corrected chi connectivity index (χ4v) is 3.98. The first kappa shape index (κ1) is 20.3. The van der Waals surface area contributed by atoms with Crippen LogP contribution in [0.1, 0.15) is 25.7 Å². The number of benzene rings is 2. The van der Waals surface area contributed by atoms with Crippen LogP contribution in [-0.4, -0.2) is 35.2 Å². The van der Waals surface area contributed by atoms with Crippen LogP contribution < -0.4 is 19.5 Å². The summed E-state index contributed by atoms with van der Waals surface area (Å²) in [5.74, 6) is 2.74. The molecule has 1 aliphatic carbocycles. The molecule has 0 spiro atoms. The molecule has 0 amide bonds. The number of aromatic nitrogens is 3. The van der Waals surface area contributed by atoms with Crippen LogP contribution >= 0.6 is 11.8 Å². The van der Waals surface area contributed by atoms with Crippen molar-refractivity contribution >= 4 is 17.7 Å². The highest BCUT2D eigenvalue weighted by molar-refractivity contribution is 7.99. The second kappa shape index (κ2) is 9.67. The third-order valence-electron chi connectivity index (χ3n) is 4.82. The number of hydrogen-bond acceptors (Lipinski definition) is 8. The van der Waals surface area contributed by atoms with Gasteiger partial charge < -0.3 is 19.5 Å². The molecule has 0 saturated heterocycles. The maximum Gasteiger partial charge on any atom is 0.327 e. The standard InChI is InChI=1S/C22H24N4O3S/c1-27-16-7-9-18(10-8-16)29-21-24-20(23-15-5-3-4-6-15)25-22(26-21)30-19-13-11-17(28-2)12-14-19/h7-15H,3-6H2,1-2H3,(H,23,24,25,26). The molecule has 0 unspecified atom stereocenters. The molecule has 4 rings (SSSR count). The average Bonchev–Trinajstić information content (AvgIpc) is 3.28. The maximum atomic E-state index is 5.91. The smallest absolute Gasteiger partial charge is 0.327 e. The lowest BCUT2D eigenvalue weighted by Crippen LogP contribution is -2.17. The van der Waals surface area contributed by atoms with Gasteiger partial charge in [-0.05, 0) is 73.1 Å². The molecule has 0 aliphatic heterocycles. The lowest BCUT2D eigenvalue weighted by Gasteiger charge is -2.13. The molecule has 1 saturated carbocycles. The molecule has 2 aromatic carbocycles. The van der Waals surface area contributed by atoms with Gasteiger partial charge in [0.2, 0.25) is 11.1 Å². The van der Waals surface area contributed by atoms with Gasteiger partial charge in [0.1, 0.15) is 17.2 Å². The highest BCUT2D eigenvalue weighted by Crippen LogP contribution is 2.30. The Kier molecular flexibility index (Phi) is 6.53. The molecule has 156 valence electrons. The summed E-state index contributed by atoms with van der Waals surface area (Å²) in [4.78, 5) is 14.6. The zero-order chi connectivity index (χ0) is 20.8. The molecule has 0 bridgehead atoms. The number of nitrogens with one attached hydrogen (secondary N) is 1. The second-order valence-corrected chi connectivity index (χ2v) is 7.95. The minimum Gasteiger partial charge on any atom is -0.497 e. The van der Waals surface area contributed by atoms with Crippen LogP contribution in [0.3, 0.4) is 0 Å². The van der Waals surface area contributed by atoms with E-state index in [1.807, 2.05) is 48.5 Å². The first-order valence-corrected chi connectivity index (χ1v) is 10.7. The van der Waals surface area contributed by atoms with Gasteiger partial charge in [0.05, 0.1) is 14.2 Å². The van der Waals surface area contributed by atoms with E-state index in [2.05, 4.69) is 20.3 Å². The van der Waals surface area contributed by atoms with E-state index in [-0.39, 0.29) is 6.01 Å². The van der Waals surface area contributed by atoms with Gasteiger partial charge in [-0.2, -0.15) is 15.0 Å². The molecule has 8 heteroatoms. The molecular formula is C22H24N4O3S. The maximum absolute atomic E-state index is 5.91. The molecule has 1 N–H and O–H groups in total. The molecule has 3 aromatic rings. The third kappa shape index (κ3) is 5.33. The van der Waals surface area contributed by atoms with Crippen molar-refractivity contribution in [2.24, 2.45) is 0 Å². The van der Waals surface area contributed by atoms with Gasteiger partial charge >= 0.3 is 6.01 Å². The summed E-state index contributed by atoms with van der Waals surface area (Å²) >= 11 is 1.45. The van der Waals surface area contributed by atoms with E-state index < -0.39 is 0 Å². The van der Waals surface area contributed by atoms with Crippen molar-refractivity contribution in [2.75, 3.05) is 19.5 Å². The highest BCUT2D eigenvalue weighted by Gasteiger charge is 2.18. The van der Waals surface area contributed by atoms with Crippen molar-refractivity contribution in [3.05, 3.63) is 48.5 Å². The number of ether oxygens (including phenoxy) is 3. The highest BCUT2D eigenvalue weighted by atomic mass is 32.2. The fourth-order valence-electron chi connectivity index (χ4n) is 3.24. The van der Waals surface area contributed by atoms with Crippen molar-refractivity contribution in [1.82, 2.24) is 15.0 Å². The minimum atomic E-state index is 0.256. The zero-order valence-electron chi connectivity index (χ0n) is 17.0. The molecular weight excluding hydrogens is 400 g/mol. The van der Waals surface area contributed by atoms with Gasteiger partial charge in [-0.25, -0.2) is 0 Å². The van der Waals surface area contributed by atoms with Crippen molar-refractivity contribution in [2.45, 2.75) is 41.8 Å². The van der Waals surface area contributed by atoms with Crippen LogP contribution in [0.15, 0.2) is 58.6 Å². The summed E-state index contributed by atoms with van der Waals surface area (Å²) < 4.78 is 16.3. The number of hydrogen-bond donors (Lipinski definition) is 1. The molecule has 30 heavy (non-hydrogen) atoms. The van der Waals surface area contributed by atoms with Gasteiger partial charge in [0.25, 0.3) is 0 Å². The third-order valence-corrected chi connectivity index (χ3v) is 5.69. The predicted molar refractivity (Wildman–Crippen MR) is 116 cm³/mol. The normalized spacial score (nSPS) is 13.8. The summed E-state index contributed by atoms with van der Waals surface area (Å²) in [6.07, 6.45) is 4.71. The largest absolute Gasteiger partial charge is 0.497 e. The molecule has 1 heterocycles. The Morgan fingerprint density at radius 3 is 2.03 bits per heavy atom. The van der Waals surface area contributed by atoms with E-state index in [1.165, 1.54) is 24.6 Å². The van der Waals surface area contributed by atoms with Gasteiger partial charge in [0.15, 0.2) is 0 Å². The van der Waals surface area contributed by atoms with Gasteiger partial charge in [0, 0.05) is 10.9 Å². The van der Waals surface area contributed by atoms with E-state index in [4.69, 9.17) is 14.2 Å². The first-order chi connectivity index (χ1) is 14.7. The van der Waals surface area contributed by atoms with Crippen molar-refractivity contribution in [1.29, 1.82) is 0 Å². The lowest BCUT2D eigenvalue weighted by atomic mass is 10.3. The van der Waals surface area contributed by atoms with Gasteiger partial charge in [-0.15, -0.1) is 0 Å². The summed E-state index contributed by atoms with van der Waals surface area (Å²) in [5.41, 5.74) is 0. The summed E-state index contributed by atoms with van der Waals surface area (Å²) in [6.45, 7) is 0. The van der Waals surface area contributed by atoms with Crippen LogP contribution in [0, 0.1) is 0 Å². The molecule has 1 aromatic heterocycles. The van der Waals surface area contributed by atoms with Crippen LogP contribution in [0.5, 0.6) is 23.3 Å². The Morgan fingerprint density at radius 1 is 0.800 bits per heavy atom. The molecule has 1 aliphatic rings. The summed E-state index contributed by atoms with van der Waals surface area (Å²) in [7, 11) is 3.28. The second-order valence-electron chi connectivity index (χ2n) is 6.91. The number of anilines is 1. The molecule has 1 fully saturated rings. The quantitative estimate of drug-likeness (QED) is 0.529. The molecule has 0 atom stereocenters. The van der Waals surface area contributed by atoms with E-state index in [1.54, 1.807) is 14.2 Å². The Hall–Kier alpha value is -3.00. The number of rotatable bonds is 8. The van der Waals surface area contributed by atoms with Crippen molar-refractivity contribution in [3.8, 4) is 23.3 Å². The SMILES string of the molecule is COc1ccc(Oc2nc(NC3CCCC3)nc(Sc3ccc(OC)cc3)n2)cc1. The van der Waals surface area contributed by atoms with Gasteiger partial charge in [-0.3, -0.25) is 0 Å². The first-order valence-electron chi connectivity index (χ1n) is 9.88. The van der Waals surface area contributed by atoms with E-state index in [0.29, 0.717) is 22.9 Å². The van der Waals surface area contributed by atoms with Gasteiger partial charge in [-0.1, -0.05) is 12.8 Å². The van der Waals surface area contributed by atoms with Crippen molar-refractivity contribution in [3.63, 3.8) is 0 Å². The monoisotopic (exact) mass is 424 g/mol. The Labute approximate surface area is 180 Å². The lowest BCUT2D eigenvalue weighted by molar-refractivity contribution is 0.409. The number of methoxy groups -OCH3 is 2. The fraction of sp³-hybridized carbons (Fsp3) is 0.318. The topological polar surface area (TPSA) is 78.4 Å². The van der Waals surface area contributed by atoms with Crippen molar-refractivity contribution < 1.29 is 14.2 Å². The summed E-state index contributed by atoms with van der Waals surface area (Å²) in [5, 5.41) is 4.00.